The number of benzene rings is 2. The molecule has 27 heavy (non-hydrogen) atoms. The minimum Gasteiger partial charge on any atom is -0.491 e. The van der Waals surface area contributed by atoms with Crippen molar-refractivity contribution in [1.29, 1.82) is 0 Å². The summed E-state index contributed by atoms with van der Waals surface area (Å²) in [5.74, 6) is 0.582. The summed E-state index contributed by atoms with van der Waals surface area (Å²) in [6.45, 7) is 3.95. The molecule has 0 fully saturated rings. The van der Waals surface area contributed by atoms with Crippen LogP contribution in [0.3, 0.4) is 0 Å². The Bertz CT molecular complexity index is 718. The lowest BCUT2D eigenvalue weighted by molar-refractivity contribution is 0.0150. The van der Waals surface area contributed by atoms with Crippen molar-refractivity contribution in [1.82, 2.24) is 0 Å². The predicted octanol–water partition coefficient (Wildman–Crippen LogP) is 3.76. The van der Waals surface area contributed by atoms with Gasteiger partial charge in [0.15, 0.2) is 0 Å². The monoisotopic (exact) mass is 373 g/mol. The fourth-order valence-electron chi connectivity index (χ4n) is 2.80. The first-order valence-corrected chi connectivity index (χ1v) is 8.93. The lowest BCUT2D eigenvalue weighted by Gasteiger charge is -2.34. The molecular weight excluding hydrogens is 346 g/mol. The van der Waals surface area contributed by atoms with Gasteiger partial charge < -0.3 is 19.7 Å². The summed E-state index contributed by atoms with van der Waals surface area (Å²) in [6, 6.07) is 16.3. The number of amides is 1. The summed E-state index contributed by atoms with van der Waals surface area (Å²) >= 11 is 0. The summed E-state index contributed by atoms with van der Waals surface area (Å²) in [6.07, 6.45) is -0.706. The first-order valence-electron chi connectivity index (χ1n) is 8.93. The van der Waals surface area contributed by atoms with Gasteiger partial charge >= 0.3 is 6.09 Å². The summed E-state index contributed by atoms with van der Waals surface area (Å²) in [5, 5.41) is 21.1. The highest BCUT2D eigenvalue weighted by molar-refractivity contribution is 5.84. The molecule has 0 saturated carbocycles. The van der Waals surface area contributed by atoms with Crippen LogP contribution in [0.4, 0.5) is 10.5 Å². The van der Waals surface area contributed by atoms with Crippen molar-refractivity contribution < 1.29 is 24.5 Å². The second-order valence-corrected chi connectivity index (χ2v) is 6.88. The highest BCUT2D eigenvalue weighted by Gasteiger charge is 2.34. The third kappa shape index (κ3) is 6.27. The van der Waals surface area contributed by atoms with Gasteiger partial charge in [0.05, 0.1) is 6.61 Å². The van der Waals surface area contributed by atoms with Gasteiger partial charge in [0, 0.05) is 17.7 Å². The van der Waals surface area contributed by atoms with Crippen molar-refractivity contribution >= 4 is 11.8 Å². The molecule has 146 valence electrons. The third-order valence-corrected chi connectivity index (χ3v) is 4.23. The Morgan fingerprint density at radius 3 is 2.48 bits per heavy atom. The Balaban J connectivity index is 2.22. The molecule has 1 amide bonds. The van der Waals surface area contributed by atoms with Crippen LogP contribution < -0.4 is 10.1 Å². The average Bonchev–Trinajstić information content (AvgIpc) is 2.65. The fraction of sp³-hybridized carbons (Fsp3) is 0.381. The predicted molar refractivity (Wildman–Crippen MR) is 104 cm³/mol. The van der Waals surface area contributed by atoms with E-state index in [9.17, 15) is 9.90 Å². The van der Waals surface area contributed by atoms with Crippen molar-refractivity contribution in [3.05, 3.63) is 60.2 Å². The molecule has 0 aromatic heterocycles. The van der Waals surface area contributed by atoms with Gasteiger partial charge in [-0.25, -0.2) is 4.79 Å². The van der Waals surface area contributed by atoms with Crippen LogP contribution >= 0.6 is 0 Å². The number of nitrogens with one attached hydrogen (secondary N) is 1. The van der Waals surface area contributed by atoms with E-state index in [2.05, 4.69) is 5.32 Å². The third-order valence-electron chi connectivity index (χ3n) is 4.23. The minimum absolute atomic E-state index is 0.0200. The largest absolute Gasteiger partial charge is 0.491 e. The van der Waals surface area contributed by atoms with Crippen molar-refractivity contribution in [3.8, 4) is 5.75 Å². The SMILES string of the molecule is CC(C)(CCO)[C@H](OC(=O)Nc1ccccc1)c1cccc(OCCO)c1. The van der Waals surface area contributed by atoms with Gasteiger partial charge in [0.1, 0.15) is 18.5 Å². The lowest BCUT2D eigenvalue weighted by atomic mass is 9.80. The molecule has 6 heteroatoms. The number of hydrogen-bond acceptors (Lipinski definition) is 5. The van der Waals surface area contributed by atoms with E-state index in [-0.39, 0.29) is 19.8 Å². The van der Waals surface area contributed by atoms with Crippen LogP contribution in [0.2, 0.25) is 0 Å². The van der Waals surface area contributed by atoms with Crippen LogP contribution in [-0.4, -0.2) is 36.1 Å². The Morgan fingerprint density at radius 1 is 1.07 bits per heavy atom. The first-order chi connectivity index (χ1) is 13.0. The Kier molecular flexibility index (Phi) is 7.64. The minimum atomic E-state index is -0.592. The number of hydrogen-bond donors (Lipinski definition) is 3. The van der Waals surface area contributed by atoms with Gasteiger partial charge in [-0.1, -0.05) is 44.2 Å². The number of carbonyl (C=O) groups is 1. The highest BCUT2D eigenvalue weighted by Crippen LogP contribution is 2.40. The second kappa shape index (κ2) is 9.94. The summed E-state index contributed by atoms with van der Waals surface area (Å²) in [4.78, 5) is 12.4. The molecule has 0 aliphatic heterocycles. The van der Waals surface area contributed by atoms with Crippen LogP contribution in [0.15, 0.2) is 54.6 Å². The molecule has 3 N–H and O–H groups in total. The summed E-state index contributed by atoms with van der Waals surface area (Å²) in [5.41, 5.74) is 0.895. The topological polar surface area (TPSA) is 88.0 Å². The lowest BCUT2D eigenvalue weighted by Crippen LogP contribution is -2.29. The fourth-order valence-corrected chi connectivity index (χ4v) is 2.80. The molecule has 0 radical (unpaired) electrons. The van der Waals surface area contributed by atoms with Crippen LogP contribution in [0.1, 0.15) is 31.9 Å². The van der Waals surface area contributed by atoms with Crippen LogP contribution in [-0.2, 0) is 4.74 Å². The zero-order valence-electron chi connectivity index (χ0n) is 15.7. The molecule has 6 nitrogen and oxygen atoms in total. The van der Waals surface area contributed by atoms with Gasteiger partial charge in [0.2, 0.25) is 0 Å². The van der Waals surface area contributed by atoms with E-state index in [0.717, 1.165) is 5.56 Å². The molecule has 0 aliphatic carbocycles. The molecule has 0 heterocycles. The van der Waals surface area contributed by atoms with Crippen molar-refractivity contribution in [3.63, 3.8) is 0 Å². The van der Waals surface area contributed by atoms with Gasteiger partial charge in [-0.15, -0.1) is 0 Å². The molecule has 0 bridgehead atoms. The van der Waals surface area contributed by atoms with E-state index < -0.39 is 17.6 Å². The van der Waals surface area contributed by atoms with Crippen molar-refractivity contribution in [2.75, 3.05) is 25.1 Å². The van der Waals surface area contributed by atoms with Gasteiger partial charge in [-0.3, -0.25) is 5.32 Å². The van der Waals surface area contributed by atoms with E-state index in [4.69, 9.17) is 14.6 Å². The summed E-state index contributed by atoms with van der Waals surface area (Å²) < 4.78 is 11.2. The number of para-hydroxylation sites is 1. The van der Waals surface area contributed by atoms with Gasteiger partial charge in [-0.05, 0) is 36.2 Å². The van der Waals surface area contributed by atoms with Crippen LogP contribution in [0.5, 0.6) is 5.75 Å². The van der Waals surface area contributed by atoms with Crippen molar-refractivity contribution in [2.24, 2.45) is 5.41 Å². The molecule has 0 spiro atoms. The molecule has 2 aromatic carbocycles. The molecule has 2 aromatic rings. The zero-order valence-corrected chi connectivity index (χ0v) is 15.7. The zero-order chi connectivity index (χ0) is 19.7. The second-order valence-electron chi connectivity index (χ2n) is 6.88. The number of aliphatic hydroxyl groups excluding tert-OH is 2. The quantitative estimate of drug-likeness (QED) is 0.623. The smallest absolute Gasteiger partial charge is 0.412 e. The Morgan fingerprint density at radius 2 is 1.81 bits per heavy atom. The van der Waals surface area contributed by atoms with Gasteiger partial charge in [0.25, 0.3) is 0 Å². The first kappa shape index (κ1) is 20.7. The number of carbonyl (C=O) groups excluding carboxylic acids is 1. The normalized spacial score (nSPS) is 12.3. The highest BCUT2D eigenvalue weighted by atomic mass is 16.6. The Hall–Kier alpha value is -2.57. The van der Waals surface area contributed by atoms with Crippen LogP contribution in [0.25, 0.3) is 0 Å². The maximum atomic E-state index is 12.4. The number of ether oxygens (including phenoxy) is 2. The van der Waals surface area contributed by atoms with Crippen molar-refractivity contribution in [2.45, 2.75) is 26.4 Å². The van der Waals surface area contributed by atoms with E-state index in [1.807, 2.05) is 44.2 Å². The average molecular weight is 373 g/mol. The number of anilines is 1. The summed E-state index contributed by atoms with van der Waals surface area (Å²) in [7, 11) is 0. The maximum Gasteiger partial charge on any atom is 0.412 e. The van der Waals surface area contributed by atoms with E-state index >= 15 is 0 Å². The van der Waals surface area contributed by atoms with Crippen LogP contribution in [0, 0.1) is 5.41 Å². The molecule has 0 aliphatic rings. The van der Waals surface area contributed by atoms with E-state index in [1.54, 1.807) is 24.3 Å². The maximum absolute atomic E-state index is 12.4. The molecular formula is C21H27NO5. The molecule has 0 saturated heterocycles. The van der Waals surface area contributed by atoms with Gasteiger partial charge in [-0.2, -0.15) is 0 Å². The van der Waals surface area contributed by atoms with E-state index in [0.29, 0.717) is 17.9 Å². The molecule has 0 unspecified atom stereocenters. The molecule has 2 rings (SSSR count). The number of aliphatic hydroxyl groups is 2. The van der Waals surface area contributed by atoms with E-state index in [1.165, 1.54) is 0 Å². The standard InChI is InChI=1S/C21H27NO5/c1-21(2,11-12-23)19(16-7-6-10-18(15-16)26-14-13-24)27-20(25)22-17-8-4-3-5-9-17/h3-10,15,19,23-24H,11-14H2,1-2H3,(H,22,25)/t19-/m1/s1. The Labute approximate surface area is 159 Å². The molecule has 1 atom stereocenters. The number of rotatable bonds is 9.